The minimum Gasteiger partial charge on any atom is -0.497 e. The molecule has 0 radical (unpaired) electrons. The van der Waals surface area contributed by atoms with Crippen molar-refractivity contribution in [2.75, 3.05) is 13.7 Å². The fourth-order valence-corrected chi connectivity index (χ4v) is 2.55. The van der Waals surface area contributed by atoms with E-state index in [0.29, 0.717) is 0 Å². The van der Waals surface area contributed by atoms with Gasteiger partial charge in [-0.2, -0.15) is 0 Å². The molecule has 1 heterocycles. The van der Waals surface area contributed by atoms with E-state index in [-0.39, 0.29) is 24.2 Å². The zero-order chi connectivity index (χ0) is 13.8. The van der Waals surface area contributed by atoms with E-state index in [2.05, 4.69) is 0 Å². The van der Waals surface area contributed by atoms with Crippen molar-refractivity contribution in [1.29, 1.82) is 0 Å². The number of amides is 1. The van der Waals surface area contributed by atoms with Crippen LogP contribution in [0.3, 0.4) is 0 Å². The van der Waals surface area contributed by atoms with Crippen LogP contribution in [-0.2, 0) is 9.59 Å². The van der Waals surface area contributed by atoms with Crippen LogP contribution in [0, 0.1) is 0 Å². The number of likely N-dealkylation sites (tertiary alicyclic amines) is 1. The lowest BCUT2D eigenvalue weighted by molar-refractivity contribution is -0.135. The van der Waals surface area contributed by atoms with Crippen molar-refractivity contribution >= 4 is 11.7 Å². The minimum atomic E-state index is -0.0784. The second-order valence-electron chi connectivity index (χ2n) is 4.90. The molecular weight excluding hydrogens is 242 g/mol. The zero-order valence-electron chi connectivity index (χ0n) is 11.4. The summed E-state index contributed by atoms with van der Waals surface area (Å²) in [5, 5.41) is 0. The van der Waals surface area contributed by atoms with Crippen molar-refractivity contribution in [1.82, 2.24) is 4.90 Å². The van der Waals surface area contributed by atoms with E-state index in [9.17, 15) is 9.59 Å². The van der Waals surface area contributed by atoms with Crippen LogP contribution in [0.5, 0.6) is 5.75 Å². The van der Waals surface area contributed by atoms with Gasteiger partial charge in [0.2, 0.25) is 5.91 Å². The van der Waals surface area contributed by atoms with Gasteiger partial charge in [-0.1, -0.05) is 12.1 Å². The van der Waals surface area contributed by atoms with E-state index >= 15 is 0 Å². The first-order chi connectivity index (χ1) is 9.11. The quantitative estimate of drug-likeness (QED) is 0.781. The van der Waals surface area contributed by atoms with Crippen LogP contribution in [-0.4, -0.2) is 30.2 Å². The van der Waals surface area contributed by atoms with Crippen LogP contribution in [0.2, 0.25) is 0 Å². The van der Waals surface area contributed by atoms with Crippen LogP contribution >= 0.6 is 0 Å². The molecule has 1 fully saturated rings. The molecule has 19 heavy (non-hydrogen) atoms. The van der Waals surface area contributed by atoms with E-state index in [1.807, 2.05) is 29.2 Å². The summed E-state index contributed by atoms with van der Waals surface area (Å²) in [6.07, 6.45) is 1.95. The molecule has 0 bridgehead atoms. The molecule has 4 nitrogen and oxygen atoms in total. The highest BCUT2D eigenvalue weighted by atomic mass is 16.5. The van der Waals surface area contributed by atoms with Gasteiger partial charge in [0.25, 0.3) is 0 Å². The normalized spacial score (nSPS) is 18.4. The largest absolute Gasteiger partial charge is 0.497 e. The molecule has 102 valence electrons. The van der Waals surface area contributed by atoms with Gasteiger partial charge in [-0.3, -0.25) is 9.59 Å². The van der Waals surface area contributed by atoms with E-state index < -0.39 is 0 Å². The first kappa shape index (κ1) is 13.6. The summed E-state index contributed by atoms with van der Waals surface area (Å²) in [6, 6.07) is 7.88. The number of nitrogens with zero attached hydrogens (tertiary/aromatic N) is 1. The average Bonchev–Trinajstić information content (AvgIpc) is 2.87. The van der Waals surface area contributed by atoms with Gasteiger partial charge in [-0.15, -0.1) is 0 Å². The second-order valence-corrected chi connectivity index (χ2v) is 4.90. The molecule has 4 heteroatoms. The number of benzene rings is 1. The first-order valence-electron chi connectivity index (χ1n) is 6.54. The van der Waals surface area contributed by atoms with Gasteiger partial charge in [0.05, 0.1) is 19.6 Å². The molecule has 1 aromatic rings. The van der Waals surface area contributed by atoms with Gasteiger partial charge in [0, 0.05) is 6.54 Å². The van der Waals surface area contributed by atoms with Crippen molar-refractivity contribution in [2.45, 2.75) is 32.2 Å². The summed E-state index contributed by atoms with van der Waals surface area (Å²) in [6.45, 7) is 2.19. The maximum Gasteiger partial charge on any atom is 0.230 e. The molecule has 1 atom stereocenters. The Morgan fingerprint density at radius 1 is 1.32 bits per heavy atom. The van der Waals surface area contributed by atoms with Gasteiger partial charge in [-0.05, 0) is 37.5 Å². The third kappa shape index (κ3) is 3.13. The molecule has 0 aromatic heterocycles. The molecule has 1 aliphatic rings. The molecule has 2 rings (SSSR count). The predicted molar refractivity (Wildman–Crippen MR) is 72.0 cm³/mol. The van der Waals surface area contributed by atoms with Gasteiger partial charge in [0.15, 0.2) is 0 Å². The second kappa shape index (κ2) is 5.87. The summed E-state index contributed by atoms with van der Waals surface area (Å²) >= 11 is 0. The molecule has 1 aromatic carbocycles. The molecule has 1 unspecified atom stereocenters. The number of Topliss-reactive ketones (excluding diaryl/α,β-unsaturated/α-hetero) is 1. The molecule has 1 aliphatic heterocycles. The monoisotopic (exact) mass is 261 g/mol. The van der Waals surface area contributed by atoms with Crippen LogP contribution in [0.1, 0.15) is 37.8 Å². The molecular formula is C15H19NO3. The lowest BCUT2D eigenvalue weighted by atomic mass is 10.0. The van der Waals surface area contributed by atoms with Crippen molar-refractivity contribution in [2.24, 2.45) is 0 Å². The van der Waals surface area contributed by atoms with Crippen LogP contribution < -0.4 is 4.74 Å². The fourth-order valence-electron chi connectivity index (χ4n) is 2.55. The topological polar surface area (TPSA) is 46.6 Å². The smallest absolute Gasteiger partial charge is 0.230 e. The Hall–Kier alpha value is -1.84. The van der Waals surface area contributed by atoms with Gasteiger partial charge >= 0.3 is 0 Å². The summed E-state index contributed by atoms with van der Waals surface area (Å²) in [4.78, 5) is 24.9. The van der Waals surface area contributed by atoms with Gasteiger partial charge < -0.3 is 9.64 Å². The highest BCUT2D eigenvalue weighted by Crippen LogP contribution is 2.33. The predicted octanol–water partition coefficient (Wildman–Crippen LogP) is 2.34. The SMILES string of the molecule is COc1ccc(C2CCCN2C(=O)CC(C)=O)cc1. The third-order valence-electron chi connectivity index (χ3n) is 3.47. The van der Waals surface area contributed by atoms with E-state index in [4.69, 9.17) is 4.74 Å². The molecule has 0 saturated carbocycles. The molecule has 0 aliphatic carbocycles. The molecule has 0 N–H and O–H groups in total. The number of ether oxygens (including phenoxy) is 1. The summed E-state index contributed by atoms with van der Waals surface area (Å²) in [7, 11) is 1.63. The van der Waals surface area contributed by atoms with Crippen molar-refractivity contribution in [3.63, 3.8) is 0 Å². The summed E-state index contributed by atoms with van der Waals surface area (Å²) in [5.74, 6) is 0.666. The fraction of sp³-hybridized carbons (Fsp3) is 0.467. The molecule has 1 amide bonds. The number of carbonyl (C=O) groups is 2. The first-order valence-corrected chi connectivity index (χ1v) is 6.54. The third-order valence-corrected chi connectivity index (χ3v) is 3.47. The summed E-state index contributed by atoms with van der Waals surface area (Å²) in [5.41, 5.74) is 1.11. The maximum absolute atomic E-state index is 12.0. The number of rotatable bonds is 4. The minimum absolute atomic E-state index is 0.00660. The Morgan fingerprint density at radius 3 is 2.58 bits per heavy atom. The van der Waals surface area contributed by atoms with Crippen LogP contribution in [0.25, 0.3) is 0 Å². The maximum atomic E-state index is 12.0. The lowest BCUT2D eigenvalue weighted by Gasteiger charge is -2.25. The number of carbonyl (C=O) groups excluding carboxylic acids is 2. The van der Waals surface area contributed by atoms with E-state index in [0.717, 1.165) is 30.7 Å². The molecule has 1 saturated heterocycles. The standard InChI is InChI=1S/C15H19NO3/c1-11(17)10-15(18)16-9-3-4-14(16)12-5-7-13(19-2)8-6-12/h5-8,14H,3-4,9-10H2,1-2H3. The Kier molecular flexibility index (Phi) is 4.20. The highest BCUT2D eigenvalue weighted by Gasteiger charge is 2.30. The number of methoxy groups -OCH3 is 1. The molecule has 0 spiro atoms. The van der Waals surface area contributed by atoms with E-state index in [1.165, 1.54) is 6.92 Å². The summed E-state index contributed by atoms with van der Waals surface area (Å²) < 4.78 is 5.13. The van der Waals surface area contributed by atoms with Crippen molar-refractivity contribution < 1.29 is 14.3 Å². The number of hydrogen-bond acceptors (Lipinski definition) is 3. The lowest BCUT2D eigenvalue weighted by Crippen LogP contribution is -2.31. The number of ketones is 1. The van der Waals surface area contributed by atoms with Crippen LogP contribution in [0.15, 0.2) is 24.3 Å². The Bertz CT molecular complexity index is 467. The van der Waals surface area contributed by atoms with Crippen molar-refractivity contribution in [3.8, 4) is 5.75 Å². The zero-order valence-corrected chi connectivity index (χ0v) is 11.4. The van der Waals surface area contributed by atoms with Crippen molar-refractivity contribution in [3.05, 3.63) is 29.8 Å². The Balaban J connectivity index is 2.13. The highest BCUT2D eigenvalue weighted by molar-refractivity contribution is 5.97. The van der Waals surface area contributed by atoms with Gasteiger partial charge in [-0.25, -0.2) is 0 Å². The number of hydrogen-bond donors (Lipinski definition) is 0. The van der Waals surface area contributed by atoms with Gasteiger partial charge in [0.1, 0.15) is 11.5 Å². The van der Waals surface area contributed by atoms with E-state index in [1.54, 1.807) is 7.11 Å². The Labute approximate surface area is 113 Å². The Morgan fingerprint density at radius 2 is 2.00 bits per heavy atom. The average molecular weight is 261 g/mol. The van der Waals surface area contributed by atoms with Crippen LogP contribution in [0.4, 0.5) is 0 Å².